The topological polar surface area (TPSA) is 87.5 Å². The summed E-state index contributed by atoms with van der Waals surface area (Å²) in [5.74, 6) is 0.181. The normalized spacial score (nSPS) is 22.5. The Morgan fingerprint density at radius 2 is 1.79 bits per heavy atom. The van der Waals surface area contributed by atoms with Gasteiger partial charge in [0, 0.05) is 12.6 Å². The van der Waals surface area contributed by atoms with Crippen LogP contribution < -0.4 is 16.4 Å². The molecule has 1 fully saturated rings. The zero-order chi connectivity index (χ0) is 18.1. The number of hydrogen-bond donors (Lipinski definition) is 3. The van der Waals surface area contributed by atoms with Gasteiger partial charge in [-0.25, -0.2) is 0 Å². The first-order valence-corrected chi connectivity index (χ1v) is 9.44. The minimum absolute atomic E-state index is 0.00768. The molecule has 1 rings (SSSR count). The Morgan fingerprint density at radius 1 is 1.17 bits per heavy atom. The molecule has 6 nitrogen and oxygen atoms in total. The Hall–Kier alpha value is -1.14. The first-order valence-electron chi connectivity index (χ1n) is 9.44. The van der Waals surface area contributed by atoms with Crippen LogP contribution in [0.2, 0.25) is 0 Å². The van der Waals surface area contributed by atoms with Crippen molar-refractivity contribution in [3.8, 4) is 0 Å². The van der Waals surface area contributed by atoms with E-state index in [-0.39, 0.29) is 30.3 Å². The number of hydrogen-bond acceptors (Lipinski definition) is 4. The molecule has 2 unspecified atom stereocenters. The Bertz CT molecular complexity index is 396. The van der Waals surface area contributed by atoms with Gasteiger partial charge in [0.25, 0.3) is 0 Å². The number of carbonyl (C=O) groups excluding carboxylic acids is 2. The van der Waals surface area contributed by atoms with Gasteiger partial charge in [0.2, 0.25) is 11.8 Å². The highest BCUT2D eigenvalue weighted by Gasteiger charge is 2.27. The highest BCUT2D eigenvalue weighted by Crippen LogP contribution is 2.25. The first kappa shape index (κ1) is 20.9. The van der Waals surface area contributed by atoms with E-state index in [0.29, 0.717) is 5.92 Å². The predicted octanol–water partition coefficient (Wildman–Crippen LogP) is 1.10. The van der Waals surface area contributed by atoms with E-state index in [4.69, 9.17) is 5.73 Å². The van der Waals surface area contributed by atoms with Crippen LogP contribution in [0.5, 0.6) is 0 Å². The molecule has 0 aromatic carbocycles. The molecule has 0 aliphatic heterocycles. The van der Waals surface area contributed by atoms with E-state index in [9.17, 15) is 9.59 Å². The van der Waals surface area contributed by atoms with Gasteiger partial charge in [-0.05, 0) is 37.8 Å². The molecule has 0 aromatic heterocycles. The SMILES string of the molecule is CCN(CC)CC1CCCCC1NC(=O)CNC(=O)[C@@H](N)C(C)C. The molecule has 0 aromatic rings. The Morgan fingerprint density at radius 3 is 2.38 bits per heavy atom. The van der Waals surface area contributed by atoms with Crippen LogP contribution in [0.15, 0.2) is 0 Å². The van der Waals surface area contributed by atoms with Crippen molar-refractivity contribution in [3.05, 3.63) is 0 Å². The molecule has 24 heavy (non-hydrogen) atoms. The quantitative estimate of drug-likeness (QED) is 0.587. The van der Waals surface area contributed by atoms with E-state index < -0.39 is 6.04 Å². The average molecular weight is 341 g/mol. The van der Waals surface area contributed by atoms with Crippen molar-refractivity contribution < 1.29 is 9.59 Å². The summed E-state index contributed by atoms with van der Waals surface area (Å²) >= 11 is 0. The second-order valence-electron chi connectivity index (χ2n) is 7.19. The maximum absolute atomic E-state index is 12.2. The number of rotatable bonds is 9. The summed E-state index contributed by atoms with van der Waals surface area (Å²) in [7, 11) is 0. The Kier molecular flexibility index (Phi) is 9.29. The molecule has 2 amide bonds. The molecule has 0 radical (unpaired) electrons. The lowest BCUT2D eigenvalue weighted by Gasteiger charge is -2.35. The number of nitrogens with two attached hydrogens (primary N) is 1. The lowest BCUT2D eigenvalue weighted by atomic mass is 9.84. The third-order valence-electron chi connectivity index (χ3n) is 5.09. The molecule has 1 aliphatic rings. The molecule has 3 atom stereocenters. The zero-order valence-corrected chi connectivity index (χ0v) is 15.8. The second-order valence-corrected chi connectivity index (χ2v) is 7.19. The number of nitrogens with one attached hydrogen (secondary N) is 2. The second kappa shape index (κ2) is 10.7. The summed E-state index contributed by atoms with van der Waals surface area (Å²) in [4.78, 5) is 26.5. The minimum Gasteiger partial charge on any atom is -0.352 e. The van der Waals surface area contributed by atoms with Gasteiger partial charge in [-0.3, -0.25) is 9.59 Å². The highest BCUT2D eigenvalue weighted by molar-refractivity contribution is 5.87. The van der Waals surface area contributed by atoms with E-state index in [0.717, 1.165) is 38.9 Å². The summed E-state index contributed by atoms with van der Waals surface area (Å²) < 4.78 is 0. The van der Waals surface area contributed by atoms with E-state index in [2.05, 4.69) is 29.4 Å². The molecule has 0 spiro atoms. The van der Waals surface area contributed by atoms with Crippen LogP contribution in [0.1, 0.15) is 53.4 Å². The van der Waals surface area contributed by atoms with Gasteiger partial charge in [-0.15, -0.1) is 0 Å². The smallest absolute Gasteiger partial charge is 0.239 e. The third-order valence-corrected chi connectivity index (χ3v) is 5.09. The molecule has 6 heteroatoms. The van der Waals surface area contributed by atoms with Crippen molar-refractivity contribution in [2.45, 2.75) is 65.5 Å². The summed E-state index contributed by atoms with van der Waals surface area (Å²) in [6.45, 7) is 11.2. The molecule has 1 saturated carbocycles. The van der Waals surface area contributed by atoms with Crippen LogP contribution in [0.25, 0.3) is 0 Å². The fourth-order valence-electron chi connectivity index (χ4n) is 3.28. The van der Waals surface area contributed by atoms with Gasteiger partial charge >= 0.3 is 0 Å². The Balaban J connectivity index is 2.46. The van der Waals surface area contributed by atoms with E-state index in [1.165, 1.54) is 6.42 Å². The van der Waals surface area contributed by atoms with Gasteiger partial charge < -0.3 is 21.3 Å². The van der Waals surface area contributed by atoms with Gasteiger partial charge in [0.1, 0.15) is 0 Å². The van der Waals surface area contributed by atoms with Crippen molar-refractivity contribution in [1.29, 1.82) is 0 Å². The fourth-order valence-corrected chi connectivity index (χ4v) is 3.28. The molecule has 0 bridgehead atoms. The number of carbonyl (C=O) groups is 2. The van der Waals surface area contributed by atoms with Crippen LogP contribution in [0.4, 0.5) is 0 Å². The minimum atomic E-state index is -0.567. The summed E-state index contributed by atoms with van der Waals surface area (Å²) in [5, 5.41) is 5.77. The van der Waals surface area contributed by atoms with Crippen molar-refractivity contribution >= 4 is 11.8 Å². The molecule has 140 valence electrons. The molecule has 4 N–H and O–H groups in total. The predicted molar refractivity (Wildman–Crippen MR) is 97.5 cm³/mol. The largest absolute Gasteiger partial charge is 0.352 e. The van der Waals surface area contributed by atoms with Gasteiger partial charge in [-0.2, -0.15) is 0 Å². The van der Waals surface area contributed by atoms with Crippen molar-refractivity contribution in [2.75, 3.05) is 26.2 Å². The molecule has 1 aliphatic carbocycles. The van der Waals surface area contributed by atoms with E-state index in [1.807, 2.05) is 13.8 Å². The van der Waals surface area contributed by atoms with Crippen LogP contribution in [0, 0.1) is 11.8 Å². The number of amides is 2. The fraction of sp³-hybridized carbons (Fsp3) is 0.889. The summed E-state index contributed by atoms with van der Waals surface area (Å²) in [5.41, 5.74) is 5.79. The standard InChI is InChI=1S/C18H36N4O2/c1-5-22(6-2)12-14-9-7-8-10-15(14)21-16(23)11-20-18(24)17(19)13(3)4/h13-15,17H,5-12,19H2,1-4H3,(H,20,24)(H,21,23)/t14?,15?,17-/m0/s1. The zero-order valence-electron chi connectivity index (χ0n) is 15.8. The van der Waals surface area contributed by atoms with Gasteiger partial charge in [0.05, 0.1) is 12.6 Å². The first-order chi connectivity index (χ1) is 11.4. The Labute approximate surface area is 146 Å². The highest BCUT2D eigenvalue weighted by atomic mass is 16.2. The lowest BCUT2D eigenvalue weighted by molar-refractivity contribution is -0.128. The van der Waals surface area contributed by atoms with Gasteiger partial charge in [-0.1, -0.05) is 40.5 Å². The summed E-state index contributed by atoms with van der Waals surface area (Å²) in [6, 6.07) is -0.356. The average Bonchev–Trinajstić information content (AvgIpc) is 2.58. The van der Waals surface area contributed by atoms with E-state index in [1.54, 1.807) is 0 Å². The third kappa shape index (κ3) is 6.77. The van der Waals surface area contributed by atoms with Crippen LogP contribution >= 0.6 is 0 Å². The van der Waals surface area contributed by atoms with Crippen molar-refractivity contribution in [3.63, 3.8) is 0 Å². The van der Waals surface area contributed by atoms with E-state index >= 15 is 0 Å². The number of nitrogens with zero attached hydrogens (tertiary/aromatic N) is 1. The monoisotopic (exact) mass is 340 g/mol. The molecular weight excluding hydrogens is 304 g/mol. The summed E-state index contributed by atoms with van der Waals surface area (Å²) in [6.07, 6.45) is 4.58. The van der Waals surface area contributed by atoms with Gasteiger partial charge in [0.15, 0.2) is 0 Å². The molecular formula is C18H36N4O2. The maximum atomic E-state index is 12.2. The van der Waals surface area contributed by atoms with Crippen LogP contribution in [0.3, 0.4) is 0 Å². The van der Waals surface area contributed by atoms with Crippen molar-refractivity contribution in [2.24, 2.45) is 17.6 Å². The molecule has 0 saturated heterocycles. The van der Waals surface area contributed by atoms with Crippen molar-refractivity contribution in [1.82, 2.24) is 15.5 Å². The van der Waals surface area contributed by atoms with Crippen LogP contribution in [-0.2, 0) is 9.59 Å². The maximum Gasteiger partial charge on any atom is 0.239 e. The molecule has 0 heterocycles. The van der Waals surface area contributed by atoms with Crippen LogP contribution in [-0.4, -0.2) is 55.0 Å². The lowest BCUT2D eigenvalue weighted by Crippen LogP contribution is -2.51.